The molecule has 3 aliphatic rings. The largest absolute Gasteiger partial charge is 0.458 e. The zero-order chi connectivity index (χ0) is 68.6. The Balaban J connectivity index is 0.000000237. The molecule has 0 bridgehead atoms. The van der Waals surface area contributed by atoms with Crippen LogP contribution < -0.4 is 22.4 Å². The van der Waals surface area contributed by atoms with Crippen LogP contribution in [0, 0.1) is 11.8 Å². The Labute approximate surface area is 562 Å². The van der Waals surface area contributed by atoms with Gasteiger partial charge in [0.15, 0.2) is 8.32 Å². The first-order chi connectivity index (χ1) is 45.9. The van der Waals surface area contributed by atoms with E-state index in [0.29, 0.717) is 22.3 Å². The number of furan rings is 2. The summed E-state index contributed by atoms with van der Waals surface area (Å²) in [5, 5.41) is 13.7. The third-order valence-corrected chi connectivity index (χ3v) is 23.6. The van der Waals surface area contributed by atoms with Crippen LogP contribution >= 0.6 is 0 Å². The number of hydrogen-bond acceptors (Lipinski definition) is 17. The Hall–Kier alpha value is -8.05. The number of amides is 1. The van der Waals surface area contributed by atoms with Crippen molar-refractivity contribution in [2.75, 3.05) is 19.8 Å². The van der Waals surface area contributed by atoms with E-state index in [1.165, 1.54) is 52.4 Å². The molecule has 4 aromatic carbocycles. The standard InChI is InChI=1S/C48H59N3O8Si.C27H35N3O6/c1-9-10-11-16-31-21-23-32(24-22-31)39-25-33-27-51(46(53)50-44(33)58-39)42-26-40(41(57-42)29-56-60(7,8)48(4,5)6)59-45(52)43(30(2)3)49-47(54)55-28-38-36-19-14-12-17-34(36)35-18-13-15-20-37(35)38;1-4-5-6-7-17-8-10-18(11-9-17)20-12-19-14-30(27(33)29-25(19)35-20)23-13-21(22(15-31)34-23)36-26(32)24(28)16(2)3/h12-15,17-25,27,30,38,40-43H,9-11,16,26,28-29H2,1-8H3,(H,49,54);8-12,14,16,21-24,31H,4-7,13,15,28H2,1-3H3/t40?,41-,42-,43?;21?,22-,23-,24?/m11/s1. The molecule has 0 saturated carbocycles. The number of rotatable bonds is 25. The smallest absolute Gasteiger partial charge is 0.407 e. The number of hydrogen-bond donors (Lipinski definition) is 3. The van der Waals surface area contributed by atoms with Gasteiger partial charge in [0.25, 0.3) is 0 Å². The second-order valence-electron chi connectivity index (χ2n) is 27.8. The minimum Gasteiger partial charge on any atom is -0.458 e. The molecule has 8 atom stereocenters. The van der Waals surface area contributed by atoms with Crippen LogP contribution in [0.1, 0.15) is 154 Å². The zero-order valence-corrected chi connectivity index (χ0v) is 58.2. The Kier molecular flexibility index (Phi) is 22.8. The second-order valence-corrected chi connectivity index (χ2v) is 32.6. The van der Waals surface area contributed by atoms with Crippen LogP contribution in [0.2, 0.25) is 18.1 Å². The SMILES string of the molecule is CCCCCc1ccc(-c2cc3cn([C@H]4CC(OC(=O)C(N)C(C)C)[C@@H](CO)O4)c(=O)nc3o2)cc1.CCCCCc1ccc(-c2cc3cn([C@H]4CC(OC(=O)C(NC(=O)OCC5c6ccccc6-c6ccccc65)C(C)C)[C@@H](CO[Si](C)(C)C(C)(C)C)O4)c(=O)nc3o2)cc1. The van der Waals surface area contributed by atoms with Crippen molar-refractivity contribution in [3.63, 3.8) is 0 Å². The lowest BCUT2D eigenvalue weighted by Gasteiger charge is -2.37. The van der Waals surface area contributed by atoms with Gasteiger partial charge in [-0.05, 0) is 101 Å². The van der Waals surface area contributed by atoms with E-state index in [0.717, 1.165) is 52.6 Å². The molecule has 20 nitrogen and oxygen atoms in total. The number of unbranched alkanes of at least 4 members (excludes halogenated alkanes) is 4. The third-order valence-electron chi connectivity index (χ3n) is 19.1. The normalized spacial score (nSPS) is 19.3. The molecular weight excluding hydrogens is 1240 g/mol. The summed E-state index contributed by atoms with van der Waals surface area (Å²) in [5.41, 5.74) is 14.0. The number of nitrogens with one attached hydrogen (secondary N) is 1. The summed E-state index contributed by atoms with van der Waals surface area (Å²) in [4.78, 5) is 74.4. The Bertz CT molecular complexity index is 4050. The van der Waals surface area contributed by atoms with Gasteiger partial charge in [-0.1, -0.05) is 185 Å². The van der Waals surface area contributed by atoms with Crippen LogP contribution in [0.3, 0.4) is 0 Å². The lowest BCUT2D eigenvalue weighted by molar-refractivity contribution is -0.157. The van der Waals surface area contributed by atoms with Gasteiger partial charge in [0, 0.05) is 42.3 Å². The van der Waals surface area contributed by atoms with Crippen LogP contribution in [0.25, 0.3) is 56.0 Å². The predicted octanol–water partition coefficient (Wildman–Crippen LogP) is 13.7. The summed E-state index contributed by atoms with van der Waals surface area (Å²) in [7, 11) is -2.25. The fraction of sp³-hybridized carbons (Fsp3) is 0.480. The van der Waals surface area contributed by atoms with E-state index in [-0.39, 0.29) is 66.9 Å². The minimum absolute atomic E-state index is 0.0763. The maximum absolute atomic E-state index is 14.0. The lowest BCUT2D eigenvalue weighted by atomic mass is 9.98. The summed E-state index contributed by atoms with van der Waals surface area (Å²) in [6.45, 7) is 22.4. The van der Waals surface area contributed by atoms with Gasteiger partial charge < -0.3 is 53.1 Å². The van der Waals surface area contributed by atoms with E-state index in [2.05, 4.69) is 112 Å². The molecule has 1 amide bonds. The van der Waals surface area contributed by atoms with Crippen molar-refractivity contribution in [2.24, 2.45) is 17.6 Å². The van der Waals surface area contributed by atoms with Gasteiger partial charge in [-0.2, -0.15) is 9.97 Å². The van der Waals surface area contributed by atoms with Crippen molar-refractivity contribution >= 4 is 48.5 Å². The average Bonchev–Trinajstić information content (AvgIpc) is 1.62. The van der Waals surface area contributed by atoms with Crippen LogP contribution in [0.15, 0.2) is 140 Å². The predicted molar refractivity (Wildman–Crippen MR) is 371 cm³/mol. The van der Waals surface area contributed by atoms with Gasteiger partial charge in [-0.3, -0.25) is 13.9 Å². The van der Waals surface area contributed by atoms with Gasteiger partial charge in [0.1, 0.15) is 67.1 Å². The van der Waals surface area contributed by atoms with Crippen LogP contribution in [-0.4, -0.2) is 107 Å². The van der Waals surface area contributed by atoms with Crippen LogP contribution in [-0.2, 0) is 50.5 Å². The average molecular weight is 1330 g/mol. The van der Waals surface area contributed by atoms with Crippen molar-refractivity contribution < 1.29 is 56.4 Å². The molecule has 1 aliphatic carbocycles. The van der Waals surface area contributed by atoms with E-state index in [4.69, 9.17) is 42.7 Å². The fourth-order valence-corrected chi connectivity index (χ4v) is 13.2. The van der Waals surface area contributed by atoms with Crippen LogP contribution in [0.5, 0.6) is 0 Å². The molecule has 6 heterocycles. The molecule has 2 aliphatic heterocycles. The number of fused-ring (bicyclic) bond motifs is 5. The quantitative estimate of drug-likeness (QED) is 0.0208. The first-order valence-corrected chi connectivity index (χ1v) is 36.9. The molecule has 21 heteroatoms. The number of nitrogens with two attached hydrogens (primary N) is 1. The molecule has 11 rings (SSSR count). The first kappa shape index (κ1) is 70.7. The van der Waals surface area contributed by atoms with E-state index >= 15 is 0 Å². The van der Waals surface area contributed by atoms with Crippen molar-refractivity contribution in [1.29, 1.82) is 0 Å². The van der Waals surface area contributed by atoms with Gasteiger partial charge in [0.05, 0.1) is 24.0 Å². The lowest BCUT2D eigenvalue weighted by Crippen LogP contribution is -2.48. The Morgan fingerprint density at radius 1 is 0.656 bits per heavy atom. The number of aliphatic hydroxyl groups is 1. The van der Waals surface area contributed by atoms with E-state index in [1.807, 2.05) is 88.4 Å². The molecule has 8 aromatic rings. The van der Waals surface area contributed by atoms with Crippen molar-refractivity contribution in [3.05, 3.63) is 165 Å². The summed E-state index contributed by atoms with van der Waals surface area (Å²) in [5.74, 6) is -0.497. The molecule has 4 aromatic heterocycles. The summed E-state index contributed by atoms with van der Waals surface area (Å²) in [6.07, 6.45) is 7.64. The Morgan fingerprint density at radius 2 is 1.12 bits per heavy atom. The number of benzene rings is 4. The zero-order valence-electron chi connectivity index (χ0n) is 57.2. The number of ether oxygens (including phenoxy) is 5. The van der Waals surface area contributed by atoms with Gasteiger partial charge in [-0.25, -0.2) is 19.2 Å². The van der Waals surface area contributed by atoms with Crippen molar-refractivity contribution in [2.45, 2.75) is 200 Å². The topological polar surface area (TPSA) is 261 Å². The maximum atomic E-state index is 14.0. The van der Waals surface area contributed by atoms with E-state index in [1.54, 1.807) is 12.4 Å². The highest BCUT2D eigenvalue weighted by Crippen LogP contribution is 2.45. The Morgan fingerprint density at radius 3 is 1.58 bits per heavy atom. The van der Waals surface area contributed by atoms with Crippen molar-refractivity contribution in [1.82, 2.24) is 24.4 Å². The number of nitrogens with zero attached hydrogens (tertiary/aromatic N) is 4. The first-order valence-electron chi connectivity index (χ1n) is 34.0. The van der Waals surface area contributed by atoms with Gasteiger partial charge in [0.2, 0.25) is 11.4 Å². The molecule has 4 N–H and O–H groups in total. The molecule has 2 saturated heterocycles. The van der Waals surface area contributed by atoms with Crippen molar-refractivity contribution in [3.8, 4) is 33.8 Å². The van der Waals surface area contributed by atoms with Gasteiger partial charge >= 0.3 is 29.4 Å². The number of aromatic nitrogens is 4. The second kappa shape index (κ2) is 31.0. The molecule has 4 unspecified atom stereocenters. The maximum Gasteiger partial charge on any atom is 0.407 e. The molecule has 0 spiro atoms. The molecule has 0 radical (unpaired) electrons. The number of carbonyl (C=O) groups is 3. The minimum atomic E-state index is -2.25. The van der Waals surface area contributed by atoms with E-state index in [9.17, 15) is 29.1 Å². The number of esters is 2. The molecule has 2 fully saturated rings. The molecule has 96 heavy (non-hydrogen) atoms. The number of aliphatic hydroxyl groups excluding tert-OH is 1. The number of carbonyl (C=O) groups excluding carboxylic acids is 3. The highest BCUT2D eigenvalue weighted by molar-refractivity contribution is 6.74. The van der Waals surface area contributed by atoms with Crippen LogP contribution in [0.4, 0.5) is 4.79 Å². The van der Waals surface area contributed by atoms with Gasteiger partial charge in [-0.15, -0.1) is 0 Å². The van der Waals surface area contributed by atoms with E-state index < -0.39 is 86.7 Å². The molecular formula is C75H94N6O14Si. The summed E-state index contributed by atoms with van der Waals surface area (Å²) >= 11 is 0. The molecule has 512 valence electrons. The fourth-order valence-electron chi connectivity index (χ4n) is 12.2. The number of aryl methyl sites for hydroxylation is 2. The monoisotopic (exact) mass is 1330 g/mol. The highest BCUT2D eigenvalue weighted by Gasteiger charge is 2.45. The number of alkyl carbamates (subject to hydrolysis) is 1. The summed E-state index contributed by atoms with van der Waals surface area (Å²) < 4.78 is 51.2. The highest BCUT2D eigenvalue weighted by atomic mass is 28.4. The summed E-state index contributed by atoms with van der Waals surface area (Å²) in [6, 6.07) is 34.7. The third kappa shape index (κ3) is 16.5.